The fourth-order valence-corrected chi connectivity index (χ4v) is 8.20. The molecule has 0 unspecified atom stereocenters. The summed E-state index contributed by atoms with van der Waals surface area (Å²) in [6, 6.07) is 26.1. The van der Waals surface area contributed by atoms with Crippen LogP contribution in [0.1, 0.15) is 112 Å². The lowest BCUT2D eigenvalue weighted by Crippen LogP contribution is -2.26. The molecule has 4 N–H and O–H groups in total. The van der Waals surface area contributed by atoms with Crippen LogP contribution >= 0.6 is 0 Å². The van der Waals surface area contributed by atoms with Crippen LogP contribution in [0.2, 0.25) is 0 Å². The number of esters is 2. The molecule has 8 aromatic rings. The Morgan fingerprint density at radius 1 is 0.597 bits per heavy atom. The number of carboxylic acids is 1. The van der Waals surface area contributed by atoms with Gasteiger partial charge in [-0.15, -0.1) is 0 Å². The molecule has 8 rings (SSSR count). The summed E-state index contributed by atoms with van der Waals surface area (Å²) in [4.78, 5) is 56.1. The summed E-state index contributed by atoms with van der Waals surface area (Å²) >= 11 is 0. The van der Waals surface area contributed by atoms with Gasteiger partial charge in [-0.05, 0) is 121 Å². The smallest absolute Gasteiger partial charge is 0.416 e. The van der Waals surface area contributed by atoms with Crippen LogP contribution in [-0.2, 0) is 47.8 Å². The van der Waals surface area contributed by atoms with Crippen LogP contribution in [0.3, 0.4) is 0 Å². The van der Waals surface area contributed by atoms with E-state index in [-0.39, 0.29) is 49.1 Å². The molecule has 404 valence electrons. The number of nitrogens with zero attached hydrogens (tertiary/aromatic N) is 4. The largest absolute Gasteiger partial charge is 0.478 e. The van der Waals surface area contributed by atoms with Crippen molar-refractivity contribution in [1.82, 2.24) is 24.4 Å². The molecule has 0 fully saturated rings. The zero-order valence-electron chi connectivity index (χ0n) is 41.9. The Balaban J connectivity index is 0.000000211. The third-order valence-corrected chi connectivity index (χ3v) is 12.2. The van der Waals surface area contributed by atoms with E-state index in [9.17, 15) is 59.4 Å². The number of ether oxygens (including phenoxy) is 2. The highest BCUT2D eigenvalue weighted by molar-refractivity contribution is 6.07. The standard InChI is InChI=1S/C28H25F4N3O3.C18H14F4N2O2.C10H13NO2/c1-17(19-5-7-20(8-6-19)27(37)38-2)34-26(36)23-16-35(14-12-29)25-24(23)21(11-13-33-25)15-18-3-9-22(10-4-18)28(30,31)32;19-6-8-24-10-14(17(25)26)15-12(5-7-23-16(15)24)9-11-1-3-13(4-2-11)18(20,21)22;1-7(11)8-3-5-9(6-4-8)10(12)13-2/h3-11,13,16-17H,12,14-15H2,1-2H3,(H,34,36);1-5,7,10H,6,8-9H2,(H,25,26);3-7H,11H2,1-2H3/t17-;;7-/m0.0/s1. The first-order valence-corrected chi connectivity index (χ1v) is 23.6. The van der Waals surface area contributed by atoms with Crippen LogP contribution in [0.4, 0.5) is 35.1 Å². The highest BCUT2D eigenvalue weighted by Gasteiger charge is 2.31. The highest BCUT2D eigenvalue weighted by atomic mass is 19.4. The minimum Gasteiger partial charge on any atom is -0.478 e. The molecule has 0 radical (unpaired) electrons. The first kappa shape index (κ1) is 57.8. The lowest BCUT2D eigenvalue weighted by atomic mass is 9.99. The van der Waals surface area contributed by atoms with Crippen molar-refractivity contribution in [2.24, 2.45) is 5.73 Å². The summed E-state index contributed by atoms with van der Waals surface area (Å²) < 4.78 is 115. The van der Waals surface area contributed by atoms with Crippen molar-refractivity contribution in [2.75, 3.05) is 27.6 Å². The van der Waals surface area contributed by atoms with Gasteiger partial charge >= 0.3 is 30.3 Å². The van der Waals surface area contributed by atoms with Crippen LogP contribution in [0, 0.1) is 0 Å². The third kappa shape index (κ3) is 14.5. The number of aryl methyl sites for hydroxylation is 2. The van der Waals surface area contributed by atoms with E-state index in [0.29, 0.717) is 55.4 Å². The number of alkyl halides is 8. The average molecular weight is 1070 g/mol. The number of aromatic carboxylic acids is 1. The van der Waals surface area contributed by atoms with Crippen LogP contribution in [0.25, 0.3) is 22.1 Å². The van der Waals surface area contributed by atoms with Gasteiger partial charge in [0.2, 0.25) is 0 Å². The molecule has 0 aliphatic heterocycles. The Kier molecular flexibility index (Phi) is 19.1. The fourth-order valence-electron chi connectivity index (χ4n) is 8.20. The summed E-state index contributed by atoms with van der Waals surface area (Å²) in [5.41, 5.74) is 10.4. The molecule has 0 bridgehead atoms. The molecule has 2 atom stereocenters. The number of rotatable bonds is 15. The normalized spacial score (nSPS) is 12.2. The van der Waals surface area contributed by atoms with Gasteiger partial charge in [-0.25, -0.2) is 33.1 Å². The van der Waals surface area contributed by atoms with Crippen molar-refractivity contribution in [3.8, 4) is 0 Å². The van der Waals surface area contributed by atoms with Gasteiger partial charge in [0.1, 0.15) is 24.6 Å². The molecule has 1 amide bonds. The number of fused-ring (bicyclic) bond motifs is 2. The fraction of sp³-hybridized carbons (Fsp3) is 0.250. The maximum Gasteiger partial charge on any atom is 0.416 e. The summed E-state index contributed by atoms with van der Waals surface area (Å²) in [5, 5.41) is 13.2. The zero-order valence-corrected chi connectivity index (χ0v) is 41.9. The minimum absolute atomic E-state index is 0.00769. The van der Waals surface area contributed by atoms with Crippen LogP contribution in [-0.4, -0.2) is 75.6 Å². The number of nitrogens with two attached hydrogens (primary N) is 1. The van der Waals surface area contributed by atoms with E-state index in [1.54, 1.807) is 60.0 Å². The molecule has 0 spiro atoms. The third-order valence-electron chi connectivity index (χ3n) is 12.2. The summed E-state index contributed by atoms with van der Waals surface area (Å²) in [5.74, 6) is -2.38. The molecule has 0 aliphatic rings. The molecule has 0 aliphatic carbocycles. The highest BCUT2D eigenvalue weighted by Crippen LogP contribution is 2.33. The lowest BCUT2D eigenvalue weighted by molar-refractivity contribution is -0.138. The Morgan fingerprint density at radius 3 is 1.35 bits per heavy atom. The molecule has 13 nitrogen and oxygen atoms in total. The number of nitrogens with one attached hydrogen (secondary N) is 1. The molecule has 0 saturated carbocycles. The number of amides is 1. The van der Waals surface area contributed by atoms with E-state index < -0.39 is 60.7 Å². The predicted octanol–water partition coefficient (Wildman–Crippen LogP) is 11.7. The summed E-state index contributed by atoms with van der Waals surface area (Å²) in [6.45, 7) is 2.30. The molecular formula is C56H52F8N6O7. The SMILES string of the molecule is COC(=O)c1ccc([C@H](C)N)cc1.COC(=O)c1ccc([C@H](C)NC(=O)c2cn(CCF)c3nccc(Cc4ccc(C(F)(F)F)cc4)c23)cc1.O=C(O)c1cn(CCF)c2nccc(Cc3ccc(C(F)(F)F)cc3)c12. The average Bonchev–Trinajstić information content (AvgIpc) is 4.03. The van der Waals surface area contributed by atoms with Gasteiger partial charge in [0.05, 0.1) is 66.7 Å². The molecular weight excluding hydrogens is 1020 g/mol. The Morgan fingerprint density at radius 2 is 0.987 bits per heavy atom. The van der Waals surface area contributed by atoms with Crippen molar-refractivity contribution >= 4 is 45.9 Å². The Labute approximate surface area is 436 Å². The van der Waals surface area contributed by atoms with Gasteiger partial charge < -0.3 is 34.8 Å². The zero-order chi connectivity index (χ0) is 56.2. The molecule has 21 heteroatoms. The number of halogens is 8. The van der Waals surface area contributed by atoms with E-state index in [0.717, 1.165) is 35.4 Å². The van der Waals surface area contributed by atoms with E-state index in [1.165, 1.54) is 67.8 Å². The van der Waals surface area contributed by atoms with Gasteiger partial charge in [0.15, 0.2) is 0 Å². The number of carboxylic acid groups (broad SMARTS) is 1. The second-order valence-electron chi connectivity index (χ2n) is 17.4. The lowest BCUT2D eigenvalue weighted by Gasteiger charge is -2.15. The molecule has 4 aromatic carbocycles. The van der Waals surface area contributed by atoms with Gasteiger partial charge in [-0.2, -0.15) is 26.3 Å². The van der Waals surface area contributed by atoms with Crippen molar-refractivity contribution in [3.05, 3.63) is 201 Å². The van der Waals surface area contributed by atoms with Gasteiger partial charge in [-0.1, -0.05) is 48.5 Å². The number of carbonyl (C=O) groups is 4. The molecule has 4 aromatic heterocycles. The molecule has 0 saturated heterocycles. The van der Waals surface area contributed by atoms with E-state index in [4.69, 9.17) is 10.5 Å². The van der Waals surface area contributed by atoms with Crippen molar-refractivity contribution in [1.29, 1.82) is 0 Å². The number of hydrogen-bond donors (Lipinski definition) is 3. The Bertz CT molecular complexity index is 3320. The number of pyridine rings is 2. The quantitative estimate of drug-likeness (QED) is 0.0660. The van der Waals surface area contributed by atoms with Crippen molar-refractivity contribution in [2.45, 2.75) is 64.2 Å². The van der Waals surface area contributed by atoms with Crippen LogP contribution in [0.5, 0.6) is 0 Å². The number of carbonyl (C=O) groups excluding carboxylic acids is 3. The predicted molar refractivity (Wildman–Crippen MR) is 271 cm³/mol. The second-order valence-corrected chi connectivity index (χ2v) is 17.4. The molecule has 77 heavy (non-hydrogen) atoms. The van der Waals surface area contributed by atoms with Crippen LogP contribution in [0.15, 0.2) is 134 Å². The monoisotopic (exact) mass is 1070 g/mol. The van der Waals surface area contributed by atoms with E-state index in [2.05, 4.69) is 20.0 Å². The van der Waals surface area contributed by atoms with Gasteiger partial charge in [0.25, 0.3) is 5.91 Å². The summed E-state index contributed by atoms with van der Waals surface area (Å²) in [7, 11) is 2.65. The molecule has 4 heterocycles. The van der Waals surface area contributed by atoms with E-state index in [1.807, 2.05) is 19.1 Å². The topological polar surface area (TPSA) is 181 Å². The first-order chi connectivity index (χ1) is 36.6. The Hall–Kier alpha value is -8.46. The minimum atomic E-state index is -4.44. The number of methoxy groups -OCH3 is 2. The maximum atomic E-state index is 13.4. The second kappa shape index (κ2) is 25.4. The maximum absolute atomic E-state index is 13.4. The van der Waals surface area contributed by atoms with Crippen LogP contribution < -0.4 is 11.1 Å². The van der Waals surface area contributed by atoms with Crippen molar-refractivity contribution in [3.63, 3.8) is 0 Å². The van der Waals surface area contributed by atoms with E-state index >= 15 is 0 Å². The number of benzene rings is 4. The number of hydrogen-bond acceptors (Lipinski definition) is 9. The number of aromatic nitrogens is 4. The first-order valence-electron chi connectivity index (χ1n) is 23.6. The van der Waals surface area contributed by atoms with Gasteiger partial charge in [0, 0.05) is 41.6 Å². The summed E-state index contributed by atoms with van der Waals surface area (Å²) in [6.07, 6.45) is -2.49. The van der Waals surface area contributed by atoms with Crippen molar-refractivity contribution < 1.29 is 68.9 Å². The van der Waals surface area contributed by atoms with Gasteiger partial charge in [-0.3, -0.25) is 4.79 Å².